The molecule has 2 rings (SSSR count). The van der Waals surface area contributed by atoms with Crippen molar-refractivity contribution >= 4 is 23.5 Å². The van der Waals surface area contributed by atoms with Gasteiger partial charge in [-0.2, -0.15) is 0 Å². The average Bonchev–Trinajstić information content (AvgIpc) is 2.96. The predicted molar refractivity (Wildman–Crippen MR) is 135 cm³/mol. The minimum atomic E-state index is -0.212. The number of nitrogens with zero attached hydrogens (tertiary/aromatic N) is 2. The summed E-state index contributed by atoms with van der Waals surface area (Å²) in [6.07, 6.45) is 8.40. The zero-order valence-electron chi connectivity index (χ0n) is 22.6. The Hall–Kier alpha value is -1.72. The van der Waals surface area contributed by atoms with Gasteiger partial charge in [0, 0.05) is 45.3 Å². The van der Waals surface area contributed by atoms with Crippen LogP contribution in [0.1, 0.15) is 112 Å². The standard InChI is InChI=1S/C28H48N2O4/c1-27(2,3)21-19-29(20-21)24(32)16-12-8-7-10-14-22(31)15-11-9-13-17-30-25(33)18-23(26(30)34)28(4,5)6/h21,23H,7-20H2,1-6H3. The van der Waals surface area contributed by atoms with Crippen molar-refractivity contribution in [3.05, 3.63) is 0 Å². The molecule has 2 aliphatic rings. The second-order valence-corrected chi connectivity index (χ2v) is 12.6. The summed E-state index contributed by atoms with van der Waals surface area (Å²) in [4.78, 5) is 52.4. The van der Waals surface area contributed by atoms with Crippen LogP contribution in [-0.4, -0.2) is 52.9 Å². The van der Waals surface area contributed by atoms with E-state index in [-0.39, 0.29) is 34.5 Å². The Morgan fingerprint density at radius 2 is 1.29 bits per heavy atom. The van der Waals surface area contributed by atoms with Gasteiger partial charge in [-0.1, -0.05) is 60.8 Å². The number of hydrogen-bond donors (Lipinski definition) is 0. The molecule has 0 saturated carbocycles. The number of carbonyl (C=O) groups is 4. The molecule has 0 aromatic rings. The fourth-order valence-corrected chi connectivity index (χ4v) is 4.83. The van der Waals surface area contributed by atoms with Crippen LogP contribution < -0.4 is 0 Å². The molecule has 1 atom stereocenters. The SMILES string of the molecule is CC(C)(C)C1CN(C(=O)CCCCCCC(=O)CCCCCN2C(=O)CC(C(C)(C)C)C2=O)C1. The summed E-state index contributed by atoms with van der Waals surface area (Å²) in [5.41, 5.74) is 0.0959. The molecule has 0 bridgehead atoms. The Morgan fingerprint density at radius 3 is 1.79 bits per heavy atom. The number of amides is 3. The van der Waals surface area contributed by atoms with Gasteiger partial charge < -0.3 is 4.90 Å². The molecule has 0 radical (unpaired) electrons. The van der Waals surface area contributed by atoms with E-state index in [0.717, 1.165) is 58.0 Å². The molecule has 2 aliphatic heterocycles. The van der Waals surface area contributed by atoms with Crippen LogP contribution >= 0.6 is 0 Å². The molecule has 34 heavy (non-hydrogen) atoms. The third-order valence-electron chi connectivity index (χ3n) is 7.68. The van der Waals surface area contributed by atoms with Crippen molar-refractivity contribution < 1.29 is 19.2 Å². The molecule has 0 N–H and O–H groups in total. The van der Waals surface area contributed by atoms with Crippen LogP contribution in [0, 0.1) is 22.7 Å². The van der Waals surface area contributed by atoms with Crippen molar-refractivity contribution in [2.24, 2.45) is 22.7 Å². The minimum absolute atomic E-state index is 0.0331. The zero-order chi connectivity index (χ0) is 25.5. The van der Waals surface area contributed by atoms with E-state index in [0.29, 0.717) is 43.9 Å². The van der Waals surface area contributed by atoms with E-state index in [1.54, 1.807) is 0 Å². The maximum absolute atomic E-state index is 12.5. The highest BCUT2D eigenvalue weighted by Gasteiger charge is 2.44. The summed E-state index contributed by atoms with van der Waals surface area (Å²) < 4.78 is 0. The number of ketones is 1. The fraction of sp³-hybridized carbons (Fsp3) is 0.857. The largest absolute Gasteiger partial charge is 0.342 e. The summed E-state index contributed by atoms with van der Waals surface area (Å²) in [5.74, 6) is 0.898. The summed E-state index contributed by atoms with van der Waals surface area (Å²) >= 11 is 0. The lowest BCUT2D eigenvalue weighted by Crippen LogP contribution is -2.54. The summed E-state index contributed by atoms with van der Waals surface area (Å²) in [7, 11) is 0. The van der Waals surface area contributed by atoms with E-state index in [1.807, 2.05) is 25.7 Å². The van der Waals surface area contributed by atoms with Gasteiger partial charge in [-0.25, -0.2) is 0 Å². The first-order valence-corrected chi connectivity index (χ1v) is 13.4. The molecule has 6 heteroatoms. The van der Waals surface area contributed by atoms with Crippen molar-refractivity contribution in [3.63, 3.8) is 0 Å². The molecular formula is C28H48N2O4. The van der Waals surface area contributed by atoms with E-state index in [4.69, 9.17) is 0 Å². The van der Waals surface area contributed by atoms with Crippen molar-refractivity contribution in [3.8, 4) is 0 Å². The molecule has 0 aromatic carbocycles. The van der Waals surface area contributed by atoms with Crippen LogP contribution in [0.3, 0.4) is 0 Å². The number of carbonyl (C=O) groups excluding carboxylic acids is 4. The van der Waals surface area contributed by atoms with Crippen LogP contribution in [0.25, 0.3) is 0 Å². The van der Waals surface area contributed by atoms with Gasteiger partial charge in [-0.05, 0) is 42.4 Å². The molecule has 2 heterocycles. The van der Waals surface area contributed by atoms with E-state index in [1.165, 1.54) is 4.90 Å². The van der Waals surface area contributed by atoms with Gasteiger partial charge in [0.25, 0.3) is 0 Å². The summed E-state index contributed by atoms with van der Waals surface area (Å²) in [5, 5.41) is 0. The lowest BCUT2D eigenvalue weighted by atomic mass is 9.76. The Bertz CT molecular complexity index is 726. The molecule has 194 valence electrons. The molecule has 0 spiro atoms. The first-order chi connectivity index (χ1) is 15.8. The third-order valence-corrected chi connectivity index (χ3v) is 7.68. The van der Waals surface area contributed by atoms with Gasteiger partial charge in [-0.15, -0.1) is 0 Å². The first-order valence-electron chi connectivity index (χ1n) is 13.4. The topological polar surface area (TPSA) is 74.8 Å². The van der Waals surface area contributed by atoms with E-state index < -0.39 is 0 Å². The molecular weight excluding hydrogens is 428 g/mol. The molecule has 0 aromatic heterocycles. The normalized spacial score (nSPS) is 19.6. The van der Waals surface area contributed by atoms with Crippen LogP contribution in [0.4, 0.5) is 0 Å². The van der Waals surface area contributed by atoms with Crippen molar-refractivity contribution in [1.82, 2.24) is 9.80 Å². The first kappa shape index (κ1) is 28.5. The van der Waals surface area contributed by atoms with Crippen molar-refractivity contribution in [2.45, 2.75) is 112 Å². The summed E-state index contributed by atoms with van der Waals surface area (Å²) in [6.45, 7) is 15.0. The highest BCUT2D eigenvalue weighted by atomic mass is 16.2. The second-order valence-electron chi connectivity index (χ2n) is 12.6. The molecule has 1 unspecified atom stereocenters. The number of Topliss-reactive ketones (excluding diaryl/α,β-unsaturated/α-hetero) is 1. The van der Waals surface area contributed by atoms with Crippen LogP contribution in [-0.2, 0) is 19.2 Å². The van der Waals surface area contributed by atoms with Gasteiger partial charge in [0.15, 0.2) is 0 Å². The Morgan fingerprint density at radius 1 is 0.765 bits per heavy atom. The Balaban J connectivity index is 1.45. The number of imide groups is 1. The maximum atomic E-state index is 12.5. The van der Waals surface area contributed by atoms with Gasteiger partial charge in [0.1, 0.15) is 5.78 Å². The summed E-state index contributed by atoms with van der Waals surface area (Å²) in [6, 6.07) is 0. The van der Waals surface area contributed by atoms with Gasteiger partial charge >= 0.3 is 0 Å². The van der Waals surface area contributed by atoms with Crippen molar-refractivity contribution in [1.29, 1.82) is 0 Å². The molecule has 2 fully saturated rings. The van der Waals surface area contributed by atoms with E-state index in [2.05, 4.69) is 20.8 Å². The predicted octanol–water partition coefficient (Wildman–Crippen LogP) is 5.38. The Labute approximate surface area is 207 Å². The minimum Gasteiger partial charge on any atom is -0.342 e. The number of likely N-dealkylation sites (tertiary alicyclic amines) is 2. The molecule has 0 aliphatic carbocycles. The smallest absolute Gasteiger partial charge is 0.233 e. The quantitative estimate of drug-likeness (QED) is 0.264. The van der Waals surface area contributed by atoms with Crippen LogP contribution in [0.15, 0.2) is 0 Å². The number of unbranched alkanes of at least 4 members (excludes halogenated alkanes) is 5. The van der Waals surface area contributed by atoms with Gasteiger partial charge in [-0.3, -0.25) is 24.1 Å². The lowest BCUT2D eigenvalue weighted by molar-refractivity contribution is -0.141. The highest BCUT2D eigenvalue weighted by molar-refractivity contribution is 6.03. The molecule has 6 nitrogen and oxygen atoms in total. The van der Waals surface area contributed by atoms with E-state index in [9.17, 15) is 19.2 Å². The second kappa shape index (κ2) is 12.3. The Kier molecular flexibility index (Phi) is 10.3. The molecule has 3 amide bonds. The van der Waals surface area contributed by atoms with Crippen molar-refractivity contribution in [2.75, 3.05) is 19.6 Å². The van der Waals surface area contributed by atoms with Gasteiger partial charge in [0.2, 0.25) is 17.7 Å². The zero-order valence-corrected chi connectivity index (χ0v) is 22.6. The third kappa shape index (κ3) is 8.49. The number of hydrogen-bond acceptors (Lipinski definition) is 4. The maximum Gasteiger partial charge on any atom is 0.233 e. The highest BCUT2D eigenvalue weighted by Crippen LogP contribution is 2.36. The lowest BCUT2D eigenvalue weighted by Gasteiger charge is -2.46. The van der Waals surface area contributed by atoms with Crippen LogP contribution in [0.5, 0.6) is 0 Å². The average molecular weight is 477 g/mol. The van der Waals surface area contributed by atoms with E-state index >= 15 is 0 Å². The monoisotopic (exact) mass is 476 g/mol. The number of rotatable bonds is 13. The van der Waals surface area contributed by atoms with Crippen LogP contribution in [0.2, 0.25) is 0 Å². The van der Waals surface area contributed by atoms with Gasteiger partial charge in [0.05, 0.1) is 5.92 Å². The molecule has 2 saturated heterocycles. The fourth-order valence-electron chi connectivity index (χ4n) is 4.83.